The van der Waals surface area contributed by atoms with Crippen molar-refractivity contribution in [2.45, 2.75) is 18.4 Å². The van der Waals surface area contributed by atoms with Gasteiger partial charge in [-0.15, -0.1) is 0 Å². The summed E-state index contributed by atoms with van der Waals surface area (Å²) >= 11 is 6.00. The summed E-state index contributed by atoms with van der Waals surface area (Å²) in [5, 5.41) is 5.64. The molecule has 3 N–H and O–H groups in total. The number of H-pyrrole nitrogens is 1. The van der Waals surface area contributed by atoms with Gasteiger partial charge in [-0.2, -0.15) is 0 Å². The number of hydrogen-bond donors (Lipinski definition) is 3. The molecule has 1 heterocycles. The van der Waals surface area contributed by atoms with E-state index in [-0.39, 0.29) is 28.4 Å². The van der Waals surface area contributed by atoms with Crippen LogP contribution in [0.3, 0.4) is 0 Å². The molecule has 0 fully saturated rings. The highest BCUT2D eigenvalue weighted by atomic mass is 35.5. The minimum absolute atomic E-state index is 0.0535. The van der Waals surface area contributed by atoms with E-state index in [9.17, 15) is 18.0 Å². The number of anilines is 1. The zero-order chi connectivity index (χ0) is 19.8. The highest BCUT2D eigenvalue weighted by Crippen LogP contribution is 2.25. The van der Waals surface area contributed by atoms with Crippen LogP contribution in [-0.4, -0.2) is 31.2 Å². The molecule has 0 unspecified atom stereocenters. The van der Waals surface area contributed by atoms with Gasteiger partial charge in [0.25, 0.3) is 15.6 Å². The van der Waals surface area contributed by atoms with Crippen molar-refractivity contribution in [2.75, 3.05) is 11.8 Å². The van der Waals surface area contributed by atoms with Crippen LogP contribution in [0.5, 0.6) is 0 Å². The second-order valence-electron chi connectivity index (χ2n) is 5.90. The second-order valence-corrected chi connectivity index (χ2v) is 7.96. The van der Waals surface area contributed by atoms with Crippen LogP contribution < -0.4 is 15.6 Å². The molecule has 0 spiro atoms. The average molecular weight is 409 g/mol. The molecule has 0 radical (unpaired) electrons. The van der Waals surface area contributed by atoms with Gasteiger partial charge < -0.3 is 5.32 Å². The number of halogens is 1. The average Bonchev–Trinajstić information content (AvgIpc) is 2.92. The Morgan fingerprint density at radius 1 is 1.26 bits per heavy atom. The number of aromatic amines is 1. The standard InChI is InChI=1S/C17H17ClN4O4S/c1-10-13(18)4-3-5-15(10)27(25,26)21-11-6-7-14-12(8-11)17(24)20-22(14)9-16(23)19-2/h3-8,21H,9H2,1-2H3,(H,19,23)(H,20,24). The molecule has 27 heavy (non-hydrogen) atoms. The van der Waals surface area contributed by atoms with Gasteiger partial charge in [0.1, 0.15) is 6.54 Å². The number of benzene rings is 2. The van der Waals surface area contributed by atoms with E-state index in [0.29, 0.717) is 16.1 Å². The van der Waals surface area contributed by atoms with Crippen LogP contribution in [0.1, 0.15) is 5.56 Å². The lowest BCUT2D eigenvalue weighted by Crippen LogP contribution is -2.24. The number of carbonyl (C=O) groups is 1. The van der Waals surface area contributed by atoms with E-state index in [1.54, 1.807) is 25.1 Å². The number of amides is 1. The molecule has 0 aliphatic carbocycles. The van der Waals surface area contributed by atoms with Crippen molar-refractivity contribution in [3.05, 3.63) is 57.3 Å². The van der Waals surface area contributed by atoms with Crippen molar-refractivity contribution < 1.29 is 13.2 Å². The lowest BCUT2D eigenvalue weighted by Gasteiger charge is -2.11. The second kappa shape index (κ2) is 7.09. The summed E-state index contributed by atoms with van der Waals surface area (Å²) in [5.74, 6) is -0.274. The van der Waals surface area contributed by atoms with E-state index in [4.69, 9.17) is 11.6 Å². The van der Waals surface area contributed by atoms with Crippen LogP contribution in [0.15, 0.2) is 46.1 Å². The Morgan fingerprint density at radius 3 is 2.70 bits per heavy atom. The molecular weight excluding hydrogens is 392 g/mol. The lowest BCUT2D eigenvalue weighted by molar-refractivity contribution is -0.121. The fourth-order valence-electron chi connectivity index (χ4n) is 2.70. The number of hydrogen-bond acceptors (Lipinski definition) is 4. The van der Waals surface area contributed by atoms with Crippen LogP contribution in [0.4, 0.5) is 5.69 Å². The number of likely N-dealkylation sites (N-methyl/N-ethyl adjacent to an activating group) is 1. The normalized spacial score (nSPS) is 11.5. The Bertz CT molecular complexity index is 1200. The summed E-state index contributed by atoms with van der Waals surface area (Å²) in [5.41, 5.74) is 0.728. The highest BCUT2D eigenvalue weighted by molar-refractivity contribution is 7.92. The zero-order valence-electron chi connectivity index (χ0n) is 14.5. The van der Waals surface area contributed by atoms with Gasteiger partial charge >= 0.3 is 0 Å². The van der Waals surface area contributed by atoms with Crippen molar-refractivity contribution in [3.8, 4) is 0 Å². The predicted molar refractivity (Wildman–Crippen MR) is 104 cm³/mol. The van der Waals surface area contributed by atoms with Gasteiger partial charge in [0.05, 0.1) is 15.8 Å². The van der Waals surface area contributed by atoms with Gasteiger partial charge in [0.2, 0.25) is 5.91 Å². The smallest absolute Gasteiger partial charge is 0.272 e. The monoisotopic (exact) mass is 408 g/mol. The highest BCUT2D eigenvalue weighted by Gasteiger charge is 2.19. The summed E-state index contributed by atoms with van der Waals surface area (Å²) < 4.78 is 29.2. The van der Waals surface area contributed by atoms with Crippen LogP contribution >= 0.6 is 11.6 Å². The van der Waals surface area contributed by atoms with Gasteiger partial charge in [0.15, 0.2) is 0 Å². The molecule has 8 nitrogen and oxygen atoms in total. The fourth-order valence-corrected chi connectivity index (χ4v) is 4.24. The van der Waals surface area contributed by atoms with E-state index in [2.05, 4.69) is 15.1 Å². The molecule has 0 saturated carbocycles. The van der Waals surface area contributed by atoms with Gasteiger partial charge in [-0.1, -0.05) is 17.7 Å². The molecule has 3 aromatic rings. The molecule has 0 aliphatic rings. The van der Waals surface area contributed by atoms with Crippen molar-refractivity contribution in [1.29, 1.82) is 0 Å². The first-order valence-electron chi connectivity index (χ1n) is 7.94. The van der Waals surface area contributed by atoms with Crippen LogP contribution in [0.2, 0.25) is 5.02 Å². The van der Waals surface area contributed by atoms with Crippen LogP contribution in [0.25, 0.3) is 10.9 Å². The maximum atomic E-state index is 12.7. The summed E-state index contributed by atoms with van der Waals surface area (Å²) in [6.45, 7) is 1.56. The molecule has 0 saturated heterocycles. The third-order valence-electron chi connectivity index (χ3n) is 4.11. The Hall–Kier alpha value is -2.78. The number of nitrogens with zero attached hydrogens (tertiary/aromatic N) is 1. The maximum Gasteiger partial charge on any atom is 0.272 e. The molecule has 1 aromatic heterocycles. The third kappa shape index (κ3) is 3.69. The molecule has 10 heteroatoms. The quantitative estimate of drug-likeness (QED) is 0.597. The lowest BCUT2D eigenvalue weighted by atomic mass is 10.2. The Kier molecular flexibility index (Phi) is 4.99. The molecule has 1 amide bonds. The van der Waals surface area contributed by atoms with Crippen molar-refractivity contribution in [3.63, 3.8) is 0 Å². The topological polar surface area (TPSA) is 113 Å². The van der Waals surface area contributed by atoms with E-state index >= 15 is 0 Å². The SMILES string of the molecule is CNC(=O)Cn1[nH]c(=O)c2cc(NS(=O)(=O)c3cccc(Cl)c3C)ccc21. The number of fused-ring (bicyclic) bond motifs is 1. The number of aromatic nitrogens is 2. The van der Waals surface area contributed by atoms with Crippen LogP contribution in [0, 0.1) is 6.92 Å². The first-order chi connectivity index (χ1) is 12.7. The first kappa shape index (κ1) is 19.0. The third-order valence-corrected chi connectivity index (χ3v) is 6.04. The number of sulfonamides is 1. The van der Waals surface area contributed by atoms with Crippen molar-refractivity contribution in [1.82, 2.24) is 15.1 Å². The van der Waals surface area contributed by atoms with E-state index < -0.39 is 15.6 Å². The maximum absolute atomic E-state index is 12.7. The van der Waals surface area contributed by atoms with Crippen LogP contribution in [-0.2, 0) is 21.4 Å². The minimum atomic E-state index is -3.88. The Labute approximate surface area is 160 Å². The number of rotatable bonds is 5. The first-order valence-corrected chi connectivity index (χ1v) is 9.80. The van der Waals surface area contributed by atoms with E-state index in [1.165, 1.54) is 29.9 Å². The number of nitrogens with one attached hydrogen (secondary N) is 3. The van der Waals surface area contributed by atoms with Crippen molar-refractivity contribution >= 4 is 44.1 Å². The molecule has 0 bridgehead atoms. The predicted octanol–water partition coefficient (Wildman–Crippen LogP) is 1.84. The summed E-state index contributed by atoms with van der Waals surface area (Å²) in [6.07, 6.45) is 0. The molecule has 142 valence electrons. The van der Waals surface area contributed by atoms with Gasteiger partial charge in [-0.3, -0.25) is 24.1 Å². The summed E-state index contributed by atoms with van der Waals surface area (Å²) in [6, 6.07) is 9.13. The Morgan fingerprint density at radius 2 is 2.00 bits per heavy atom. The fraction of sp³-hybridized carbons (Fsp3) is 0.176. The molecular formula is C17H17ClN4O4S. The summed E-state index contributed by atoms with van der Waals surface area (Å²) in [7, 11) is -2.38. The molecule has 0 atom stereocenters. The molecule has 0 aliphatic heterocycles. The zero-order valence-corrected chi connectivity index (χ0v) is 16.1. The van der Waals surface area contributed by atoms with Gasteiger partial charge in [-0.05, 0) is 42.8 Å². The van der Waals surface area contributed by atoms with Gasteiger partial charge in [-0.25, -0.2) is 8.42 Å². The largest absolute Gasteiger partial charge is 0.358 e. The Balaban J connectivity index is 1.99. The number of carbonyl (C=O) groups excluding carboxylic acids is 1. The van der Waals surface area contributed by atoms with Crippen molar-refractivity contribution in [2.24, 2.45) is 0 Å². The van der Waals surface area contributed by atoms with E-state index in [0.717, 1.165) is 0 Å². The minimum Gasteiger partial charge on any atom is -0.358 e. The summed E-state index contributed by atoms with van der Waals surface area (Å²) in [4.78, 5) is 23.8. The van der Waals surface area contributed by atoms with Gasteiger partial charge in [0, 0.05) is 17.8 Å². The van der Waals surface area contributed by atoms with E-state index in [1.807, 2.05) is 0 Å². The molecule has 3 rings (SSSR count). The molecule has 2 aromatic carbocycles.